The molecule has 0 spiro atoms. The zero-order valence-corrected chi connectivity index (χ0v) is 40.6. The molecule has 2 aromatic carbocycles. The lowest BCUT2D eigenvalue weighted by Crippen LogP contribution is -2.47. The third-order valence-electron chi connectivity index (χ3n) is 10.9. The summed E-state index contributed by atoms with van der Waals surface area (Å²) in [5.41, 5.74) is 1.58. The smallest absolute Gasteiger partial charge is 0.295 e. The first-order valence-electron chi connectivity index (χ1n) is 22.4. The van der Waals surface area contributed by atoms with E-state index < -0.39 is 10.1 Å². The Morgan fingerprint density at radius 2 is 1.12 bits per heavy atom. The monoisotopic (exact) mass is 984 g/mol. The highest BCUT2D eigenvalue weighted by atomic mass is 32.2. The second kappa shape index (κ2) is 26.0. The predicted octanol–water partition coefficient (Wildman–Crippen LogP) is 2.35. The number of aliphatic hydroxyl groups is 2. The summed E-state index contributed by atoms with van der Waals surface area (Å²) in [7, 11) is 3.29. The van der Waals surface area contributed by atoms with Gasteiger partial charge in [-0.3, -0.25) is 14.4 Å². The highest BCUT2D eigenvalue weighted by Gasteiger charge is 2.23. The van der Waals surface area contributed by atoms with Crippen molar-refractivity contribution in [3.8, 4) is 0 Å². The third-order valence-corrected chi connectivity index (χ3v) is 12.5. The lowest BCUT2D eigenvalue weighted by Gasteiger charge is -2.34. The van der Waals surface area contributed by atoms with Crippen LogP contribution < -0.4 is 31.1 Å². The van der Waals surface area contributed by atoms with Gasteiger partial charge in [0.25, 0.3) is 10.1 Å². The van der Waals surface area contributed by atoms with Crippen molar-refractivity contribution >= 4 is 81.4 Å². The number of nitrogens with one attached hydrogen (secondary N) is 4. The molecule has 372 valence electrons. The van der Waals surface area contributed by atoms with E-state index in [4.69, 9.17) is 19.6 Å². The summed E-state index contributed by atoms with van der Waals surface area (Å²) in [6.07, 6.45) is 4.87. The van der Waals surface area contributed by atoms with Gasteiger partial charge in [0.15, 0.2) is 0 Å². The fourth-order valence-corrected chi connectivity index (χ4v) is 8.60. The van der Waals surface area contributed by atoms with Crippen molar-refractivity contribution in [2.45, 2.75) is 22.6 Å². The highest BCUT2D eigenvalue weighted by Crippen LogP contribution is 2.32. The van der Waals surface area contributed by atoms with Crippen LogP contribution in [0.25, 0.3) is 12.2 Å². The van der Waals surface area contributed by atoms with Gasteiger partial charge in [0.2, 0.25) is 35.7 Å². The van der Waals surface area contributed by atoms with Crippen LogP contribution in [0.4, 0.5) is 47.1 Å². The molecule has 4 aromatic rings. The normalized spacial score (nSPS) is 15.2. The molecule has 26 heteroatoms. The lowest BCUT2D eigenvalue weighted by molar-refractivity contribution is -0.432. The number of rotatable bonds is 26. The summed E-state index contributed by atoms with van der Waals surface area (Å²) < 4.78 is 41.0. The van der Waals surface area contributed by atoms with Gasteiger partial charge in [-0.15, -0.1) is 4.33 Å². The molecule has 68 heavy (non-hydrogen) atoms. The number of piperazine rings is 2. The molecule has 0 unspecified atom stereocenters. The zero-order valence-electron chi connectivity index (χ0n) is 39.0. The van der Waals surface area contributed by atoms with Crippen LogP contribution in [0.2, 0.25) is 0 Å². The maximum absolute atomic E-state index is 12.9. The molecule has 2 aromatic heterocycles. The molecule has 0 amide bonds. The molecule has 0 atom stereocenters. The fourth-order valence-electron chi connectivity index (χ4n) is 7.38. The maximum atomic E-state index is 12.9. The van der Waals surface area contributed by atoms with Crippen LogP contribution >= 0.6 is 12.0 Å². The van der Waals surface area contributed by atoms with E-state index in [1.807, 2.05) is 33.1 Å². The van der Waals surface area contributed by atoms with Crippen molar-refractivity contribution in [3.05, 3.63) is 47.5 Å². The van der Waals surface area contributed by atoms with Crippen molar-refractivity contribution in [1.82, 2.24) is 49.5 Å². The zero-order chi connectivity index (χ0) is 48.5. The number of hydrogen-bond donors (Lipinski definition) is 8. The molecule has 0 bridgehead atoms. The van der Waals surface area contributed by atoms with Crippen LogP contribution in [0.3, 0.4) is 0 Å². The molecule has 0 radical (unpaired) electrons. The van der Waals surface area contributed by atoms with Crippen molar-refractivity contribution in [2.24, 2.45) is 0 Å². The van der Waals surface area contributed by atoms with Gasteiger partial charge < -0.3 is 51.1 Å². The van der Waals surface area contributed by atoms with Gasteiger partial charge in [0.05, 0.1) is 25.3 Å². The highest BCUT2D eigenvalue weighted by molar-refractivity contribution is 7.94. The van der Waals surface area contributed by atoms with E-state index in [1.165, 1.54) is 18.2 Å². The Labute approximate surface area is 401 Å². The lowest BCUT2D eigenvalue weighted by atomic mass is 10.1. The van der Waals surface area contributed by atoms with Crippen molar-refractivity contribution in [2.75, 3.05) is 164 Å². The van der Waals surface area contributed by atoms with Gasteiger partial charge >= 0.3 is 0 Å². The van der Waals surface area contributed by atoms with Gasteiger partial charge in [-0.05, 0) is 89.5 Å². The van der Waals surface area contributed by atoms with Gasteiger partial charge in [-0.2, -0.15) is 38.3 Å². The number of hydrogen-bond acceptors (Lipinski definition) is 24. The number of anilines is 8. The minimum Gasteiger partial charge on any atom is -0.395 e. The third kappa shape index (κ3) is 16.3. The van der Waals surface area contributed by atoms with Crippen LogP contribution in [0.5, 0.6) is 0 Å². The van der Waals surface area contributed by atoms with E-state index in [0.29, 0.717) is 110 Å². The molecular weight excluding hydrogens is 921 g/mol. The quantitative estimate of drug-likeness (QED) is 0.0112. The largest absolute Gasteiger partial charge is 0.395 e. The van der Waals surface area contributed by atoms with E-state index in [0.717, 1.165) is 52.1 Å². The van der Waals surface area contributed by atoms with E-state index in [-0.39, 0.29) is 35.6 Å². The minimum atomic E-state index is -4.74. The fraction of sp³-hybridized carbons (Fsp3) is 0.524. The maximum Gasteiger partial charge on any atom is 0.295 e. The second-order valence-electron chi connectivity index (χ2n) is 16.6. The van der Waals surface area contributed by atoms with E-state index in [1.54, 1.807) is 30.3 Å². The van der Waals surface area contributed by atoms with Crippen LogP contribution in [0, 0.1) is 0 Å². The van der Waals surface area contributed by atoms with Crippen LogP contribution in [0.15, 0.2) is 46.2 Å². The minimum absolute atomic E-state index is 0.0797. The summed E-state index contributed by atoms with van der Waals surface area (Å²) in [5.74, 6) is 2.16. The van der Waals surface area contributed by atoms with E-state index >= 15 is 0 Å². The standard InChI is InChI=1S/C42H64N16O8S2/c1-53(2)15-5-13-43-37-47-39(51-41(49-37)57-21-17-55(18-22-57)25-27-59)45-33-11-9-31(35(29-33)67-66-65-61)7-8-32-10-12-34(30-36(32)68(62,63)64)46-40-48-38(44-14-6-16-54(3)4)50-42(52-40)58-23-19-56(20-24-58)26-28-60/h7-12,29-30,59-61H,5-6,13-28H2,1-4H3,(H,62,63,64)(H2,43,45,47,49,51)(H2,44,46,48,50,52). The first kappa shape index (κ1) is 52.3. The SMILES string of the molecule is CN(C)CCCNc1nc(Nc2ccc(C=Cc3ccc(Nc4nc(NCCCN(C)C)nc(N5CCN(CCO)CC5)n4)cc3S(=O)(=O)O)c(SOOO)c2)nc(N2CCN(CCO)CC2)n1. The molecule has 4 heterocycles. The molecule has 2 saturated heterocycles. The van der Waals surface area contributed by atoms with Crippen LogP contribution in [-0.2, 0) is 19.5 Å². The number of β-amino-alcohol motifs (C(OH)–C–C–N with tert-alkyl or cyclic N) is 2. The van der Waals surface area contributed by atoms with Crippen LogP contribution in [0.1, 0.15) is 24.0 Å². The van der Waals surface area contributed by atoms with Crippen molar-refractivity contribution < 1.29 is 37.8 Å². The number of aliphatic hydroxyl groups excluding tert-OH is 2. The Bertz CT molecular complexity index is 2350. The average molecular weight is 985 g/mol. The Morgan fingerprint density at radius 1 is 0.662 bits per heavy atom. The summed E-state index contributed by atoms with van der Waals surface area (Å²) in [4.78, 5) is 40.8. The molecule has 8 N–H and O–H groups in total. The van der Waals surface area contributed by atoms with Gasteiger partial charge in [-0.25, -0.2) is 5.26 Å². The molecule has 6 rings (SSSR count). The Kier molecular flexibility index (Phi) is 20.0. The first-order valence-corrected chi connectivity index (χ1v) is 24.6. The van der Waals surface area contributed by atoms with Crippen molar-refractivity contribution in [3.63, 3.8) is 0 Å². The number of benzene rings is 2. The predicted molar refractivity (Wildman–Crippen MR) is 263 cm³/mol. The molecule has 0 saturated carbocycles. The van der Waals surface area contributed by atoms with E-state index in [9.17, 15) is 23.2 Å². The number of aromatic nitrogens is 6. The molecule has 24 nitrogen and oxygen atoms in total. The van der Waals surface area contributed by atoms with Crippen LogP contribution in [-0.4, -0.2) is 211 Å². The van der Waals surface area contributed by atoms with E-state index in [2.05, 4.69) is 70.7 Å². The molecule has 0 aliphatic carbocycles. The Balaban J connectivity index is 1.22. The Hall–Kier alpha value is -5.10. The summed E-state index contributed by atoms with van der Waals surface area (Å²) in [6, 6.07) is 9.70. The molecule has 2 aliphatic heterocycles. The average Bonchev–Trinajstić information content (AvgIpc) is 3.31. The van der Waals surface area contributed by atoms with Crippen molar-refractivity contribution in [1.29, 1.82) is 0 Å². The van der Waals surface area contributed by atoms with Gasteiger partial charge in [0.1, 0.15) is 4.90 Å². The summed E-state index contributed by atoms with van der Waals surface area (Å²) in [6.45, 7) is 9.93. The molecule has 2 fully saturated rings. The number of nitrogens with zero attached hydrogens (tertiary/aromatic N) is 12. The molecular formula is C42H64N16O8S2. The van der Waals surface area contributed by atoms with Gasteiger partial charge in [-0.1, -0.05) is 29.3 Å². The second-order valence-corrected chi connectivity index (χ2v) is 18.8. The Morgan fingerprint density at radius 3 is 1.57 bits per heavy atom. The summed E-state index contributed by atoms with van der Waals surface area (Å²) in [5, 5.41) is 44.8. The summed E-state index contributed by atoms with van der Waals surface area (Å²) >= 11 is 0.708. The molecule has 2 aliphatic rings. The first-order chi connectivity index (χ1) is 32.8. The topological polar surface area (TPSA) is 278 Å². The van der Waals surface area contributed by atoms with Gasteiger partial charge in [0, 0.05) is 94.8 Å².